The number of pyridine rings is 1. The molecule has 2 amide bonds. The van der Waals surface area contributed by atoms with Gasteiger partial charge >= 0.3 is 24.3 Å². The fourth-order valence-electron chi connectivity index (χ4n) is 4.10. The van der Waals surface area contributed by atoms with Gasteiger partial charge in [-0.2, -0.15) is 26.3 Å². The number of fused-ring (bicyclic) bond motifs is 1. The molecule has 10 nitrogen and oxygen atoms in total. The molecule has 2 aliphatic heterocycles. The van der Waals surface area contributed by atoms with Gasteiger partial charge in [-0.15, -0.1) is 0 Å². The second kappa shape index (κ2) is 12.8. The molecule has 0 radical (unpaired) electrons. The first-order valence-corrected chi connectivity index (χ1v) is 10.8. The Kier molecular flexibility index (Phi) is 11.0. The Morgan fingerprint density at radius 2 is 1.53 bits per heavy atom. The lowest BCUT2D eigenvalue weighted by atomic mass is 10.0. The summed E-state index contributed by atoms with van der Waals surface area (Å²) in [7, 11) is 1.65. The molecule has 0 aliphatic carbocycles. The summed E-state index contributed by atoms with van der Waals surface area (Å²) in [6.45, 7) is 5.20. The summed E-state index contributed by atoms with van der Waals surface area (Å²) in [5.74, 6) is -6.15. The van der Waals surface area contributed by atoms with Crippen molar-refractivity contribution in [3.8, 4) is 0 Å². The lowest BCUT2D eigenvalue weighted by Gasteiger charge is -2.33. The Morgan fingerprint density at radius 1 is 1.03 bits per heavy atom. The Bertz CT molecular complexity index is 995. The molecule has 3 N–H and O–H groups in total. The molecule has 1 aromatic rings. The van der Waals surface area contributed by atoms with E-state index >= 15 is 0 Å². The lowest BCUT2D eigenvalue weighted by molar-refractivity contribution is -0.193. The topological polar surface area (TPSA) is 140 Å². The van der Waals surface area contributed by atoms with Crippen molar-refractivity contribution in [2.75, 3.05) is 20.1 Å². The van der Waals surface area contributed by atoms with Gasteiger partial charge in [0.2, 0.25) is 5.91 Å². The quantitative estimate of drug-likeness (QED) is 0.477. The van der Waals surface area contributed by atoms with Gasteiger partial charge in [-0.3, -0.25) is 19.5 Å². The number of carbonyl (C=O) groups is 4. The SMILES string of the molecule is CNC(=O)[C@H]1C[C@@H]2CN(C(=O)c3ccncc3F)C[C@@H]2N1C(C)C.O=C(O)C(F)(F)F.O=C(O)C(F)(F)F. The van der Waals surface area contributed by atoms with E-state index in [1.165, 1.54) is 12.3 Å². The van der Waals surface area contributed by atoms with E-state index in [4.69, 9.17) is 19.8 Å². The highest BCUT2D eigenvalue weighted by Crippen LogP contribution is 2.37. The van der Waals surface area contributed by atoms with Crippen LogP contribution in [0.25, 0.3) is 0 Å². The lowest BCUT2D eigenvalue weighted by Crippen LogP contribution is -2.50. The average molecular weight is 562 g/mol. The highest BCUT2D eigenvalue weighted by atomic mass is 19.4. The predicted octanol–water partition coefficient (Wildman–Crippen LogP) is 2.16. The number of likely N-dealkylation sites (N-methyl/N-ethyl adjacent to an activating group) is 1. The van der Waals surface area contributed by atoms with Gasteiger partial charge < -0.3 is 20.4 Å². The summed E-state index contributed by atoms with van der Waals surface area (Å²) in [5, 5.41) is 17.0. The van der Waals surface area contributed by atoms with Gasteiger partial charge in [0.25, 0.3) is 5.91 Å². The third-order valence-electron chi connectivity index (χ3n) is 5.60. The van der Waals surface area contributed by atoms with E-state index in [0.717, 1.165) is 12.6 Å². The summed E-state index contributed by atoms with van der Waals surface area (Å²) in [4.78, 5) is 50.1. The first kappa shape index (κ1) is 32.5. The number of rotatable bonds is 3. The van der Waals surface area contributed by atoms with Crippen molar-refractivity contribution in [3.63, 3.8) is 0 Å². The van der Waals surface area contributed by atoms with Crippen LogP contribution in [0.4, 0.5) is 30.7 Å². The molecule has 2 fully saturated rings. The molecule has 1 aromatic heterocycles. The van der Waals surface area contributed by atoms with E-state index in [2.05, 4.69) is 29.0 Å². The number of halogens is 7. The van der Waals surface area contributed by atoms with Crippen molar-refractivity contribution in [2.45, 2.75) is 50.7 Å². The smallest absolute Gasteiger partial charge is 0.475 e. The maximum atomic E-state index is 13.8. The molecule has 38 heavy (non-hydrogen) atoms. The monoisotopic (exact) mass is 562 g/mol. The van der Waals surface area contributed by atoms with Gasteiger partial charge in [0.15, 0.2) is 5.82 Å². The Labute approximate surface area is 211 Å². The number of likely N-dealkylation sites (tertiary alicyclic amines) is 2. The molecule has 0 unspecified atom stereocenters. The van der Waals surface area contributed by atoms with Gasteiger partial charge in [0, 0.05) is 38.4 Å². The number of alkyl halides is 6. The van der Waals surface area contributed by atoms with Crippen molar-refractivity contribution in [1.29, 1.82) is 0 Å². The van der Waals surface area contributed by atoms with Crippen LogP contribution in [-0.2, 0) is 14.4 Å². The zero-order valence-corrected chi connectivity index (χ0v) is 20.2. The molecule has 214 valence electrons. The summed E-state index contributed by atoms with van der Waals surface area (Å²) >= 11 is 0. The molecule has 3 heterocycles. The van der Waals surface area contributed by atoms with E-state index in [0.29, 0.717) is 13.1 Å². The zero-order chi connectivity index (χ0) is 29.6. The molecule has 0 spiro atoms. The van der Waals surface area contributed by atoms with E-state index < -0.39 is 30.1 Å². The standard InChI is InChI=1S/C17H23FN4O2.2C2HF3O2/c1-10(2)22-14(16(23)19-3)6-11-8-21(9-15(11)22)17(24)12-4-5-20-7-13(12)18;2*3-2(4,5)1(6)7/h4-5,7,10-11,14-15H,6,8-9H2,1-3H3,(H,19,23);2*(H,6,7)/t11-,14-,15+;;/m1../s1. The van der Waals surface area contributed by atoms with E-state index in [1.54, 1.807) is 11.9 Å². The van der Waals surface area contributed by atoms with E-state index in [1.807, 2.05) is 0 Å². The van der Waals surface area contributed by atoms with Crippen LogP contribution in [0.5, 0.6) is 0 Å². The van der Waals surface area contributed by atoms with Crippen LogP contribution in [0, 0.1) is 11.7 Å². The van der Waals surface area contributed by atoms with Crippen LogP contribution in [0.15, 0.2) is 18.5 Å². The van der Waals surface area contributed by atoms with Gasteiger partial charge in [0.1, 0.15) is 0 Å². The van der Waals surface area contributed by atoms with Crippen LogP contribution in [-0.4, -0.2) is 99.4 Å². The van der Waals surface area contributed by atoms with Crippen LogP contribution in [0.2, 0.25) is 0 Å². The number of carboxylic acid groups (broad SMARTS) is 2. The van der Waals surface area contributed by atoms with Gasteiger partial charge in [-0.25, -0.2) is 14.0 Å². The largest absolute Gasteiger partial charge is 0.490 e. The van der Waals surface area contributed by atoms with Gasteiger partial charge in [-0.1, -0.05) is 0 Å². The minimum atomic E-state index is -5.08. The highest BCUT2D eigenvalue weighted by molar-refractivity contribution is 5.94. The minimum absolute atomic E-state index is 0.0242. The first-order valence-electron chi connectivity index (χ1n) is 10.8. The second-order valence-electron chi connectivity index (χ2n) is 8.41. The second-order valence-corrected chi connectivity index (χ2v) is 8.41. The normalized spacial score (nSPS) is 21.0. The minimum Gasteiger partial charge on any atom is -0.475 e. The average Bonchev–Trinajstić information content (AvgIpc) is 3.36. The van der Waals surface area contributed by atoms with Crippen molar-refractivity contribution < 1.29 is 60.1 Å². The molecule has 0 aromatic carbocycles. The molecular formula is C21H25F7N4O6. The Morgan fingerprint density at radius 3 is 1.92 bits per heavy atom. The third kappa shape index (κ3) is 8.53. The molecule has 2 saturated heterocycles. The Balaban J connectivity index is 0.000000426. The van der Waals surface area contributed by atoms with E-state index in [9.17, 15) is 40.3 Å². The number of aromatic nitrogens is 1. The van der Waals surface area contributed by atoms with E-state index in [-0.39, 0.29) is 41.4 Å². The molecule has 2 aliphatic rings. The first-order chi connectivity index (χ1) is 17.3. The van der Waals surface area contributed by atoms with Crippen molar-refractivity contribution in [2.24, 2.45) is 5.92 Å². The van der Waals surface area contributed by atoms with Crippen LogP contribution in [0.3, 0.4) is 0 Å². The third-order valence-corrected chi connectivity index (χ3v) is 5.60. The number of aliphatic carboxylic acids is 2. The van der Waals surface area contributed by atoms with Crippen LogP contribution in [0.1, 0.15) is 30.6 Å². The number of amides is 2. The molecule has 0 bridgehead atoms. The zero-order valence-electron chi connectivity index (χ0n) is 20.2. The predicted molar refractivity (Wildman–Crippen MR) is 114 cm³/mol. The summed E-state index contributed by atoms with van der Waals surface area (Å²) in [6.07, 6.45) is -6.95. The molecule has 3 atom stereocenters. The molecular weight excluding hydrogens is 537 g/mol. The van der Waals surface area contributed by atoms with Crippen molar-refractivity contribution in [3.05, 3.63) is 29.8 Å². The maximum Gasteiger partial charge on any atom is 0.490 e. The summed E-state index contributed by atoms with van der Waals surface area (Å²) in [6, 6.07) is 1.61. The van der Waals surface area contributed by atoms with Crippen molar-refractivity contribution in [1.82, 2.24) is 20.1 Å². The molecule has 0 saturated carbocycles. The number of hydrogen-bond donors (Lipinski definition) is 3. The highest BCUT2D eigenvalue weighted by Gasteiger charge is 2.50. The summed E-state index contributed by atoms with van der Waals surface area (Å²) < 4.78 is 77.3. The van der Waals surface area contributed by atoms with Crippen LogP contribution < -0.4 is 5.32 Å². The Hall–Kier alpha value is -3.50. The maximum absolute atomic E-state index is 13.8. The fraction of sp³-hybridized carbons (Fsp3) is 0.571. The number of carboxylic acids is 2. The molecule has 3 rings (SSSR count). The van der Waals surface area contributed by atoms with Gasteiger partial charge in [0.05, 0.1) is 17.8 Å². The summed E-state index contributed by atoms with van der Waals surface area (Å²) in [5.41, 5.74) is 0.0592. The molecule has 17 heteroatoms. The van der Waals surface area contributed by atoms with Crippen molar-refractivity contribution >= 4 is 23.8 Å². The van der Waals surface area contributed by atoms with Gasteiger partial charge in [-0.05, 0) is 32.3 Å². The number of hydrogen-bond acceptors (Lipinski definition) is 6. The number of carbonyl (C=O) groups excluding carboxylic acids is 2. The number of nitrogens with zero attached hydrogens (tertiary/aromatic N) is 3. The fourth-order valence-corrected chi connectivity index (χ4v) is 4.10. The number of nitrogens with one attached hydrogen (secondary N) is 1. The van der Waals surface area contributed by atoms with Crippen LogP contribution >= 0.6 is 0 Å².